The molecule has 0 aliphatic carbocycles. The summed E-state index contributed by atoms with van der Waals surface area (Å²) in [7, 11) is -2.02. The predicted octanol–water partition coefficient (Wildman–Crippen LogP) is 3.34. The Morgan fingerprint density at radius 1 is 1.10 bits per heavy atom. The highest BCUT2D eigenvalue weighted by molar-refractivity contribution is 8.15. The third-order valence-corrected chi connectivity index (χ3v) is 7.10. The molecule has 2 heterocycles. The summed E-state index contributed by atoms with van der Waals surface area (Å²) in [5.41, 5.74) is 3.11. The zero-order chi connectivity index (χ0) is 20.9. The standard InChI is InChI=1S/C21H26N2O4SSi/c1-29(2,26)12-10-16-3-6-17(22-14-16)9-11-27-18-7-4-15(5-8-18)13-19-20(24)23-21(25)28-19/h3-8,14,19,26H,9-13H2,1-2H3,(H,23,24,25). The summed E-state index contributed by atoms with van der Waals surface area (Å²) in [4.78, 5) is 37.3. The smallest absolute Gasteiger partial charge is 0.286 e. The topological polar surface area (TPSA) is 88.5 Å². The van der Waals surface area contributed by atoms with Crippen LogP contribution in [0.15, 0.2) is 42.6 Å². The molecule has 1 unspecified atom stereocenters. The highest BCUT2D eigenvalue weighted by Gasteiger charge is 2.31. The molecule has 154 valence electrons. The minimum absolute atomic E-state index is 0.221. The first-order chi connectivity index (χ1) is 13.8. The second-order valence-corrected chi connectivity index (χ2v) is 13.1. The van der Waals surface area contributed by atoms with Gasteiger partial charge >= 0.3 is 0 Å². The van der Waals surface area contributed by atoms with E-state index in [1.54, 1.807) is 0 Å². The van der Waals surface area contributed by atoms with Crippen molar-refractivity contribution in [2.75, 3.05) is 6.61 Å². The predicted molar refractivity (Wildman–Crippen MR) is 117 cm³/mol. The summed E-state index contributed by atoms with van der Waals surface area (Å²) in [6.45, 7) is 4.42. The van der Waals surface area contributed by atoms with Crippen molar-refractivity contribution < 1.29 is 19.1 Å². The lowest BCUT2D eigenvalue weighted by molar-refractivity contribution is -0.118. The number of hydrogen-bond acceptors (Lipinski definition) is 6. The summed E-state index contributed by atoms with van der Waals surface area (Å²) in [5.74, 6) is 0.543. The summed E-state index contributed by atoms with van der Waals surface area (Å²) >= 11 is 1.04. The molecule has 0 radical (unpaired) electrons. The Bertz CT molecular complexity index is 850. The minimum atomic E-state index is -2.02. The lowest BCUT2D eigenvalue weighted by Gasteiger charge is -2.13. The lowest BCUT2D eigenvalue weighted by atomic mass is 10.1. The average Bonchev–Trinajstić information content (AvgIpc) is 2.99. The zero-order valence-corrected chi connectivity index (χ0v) is 18.5. The van der Waals surface area contributed by atoms with Crippen molar-refractivity contribution in [3.63, 3.8) is 0 Å². The van der Waals surface area contributed by atoms with E-state index in [0.29, 0.717) is 19.4 Å². The summed E-state index contributed by atoms with van der Waals surface area (Å²) in [5, 5.41) is 1.67. The molecule has 1 aliphatic heterocycles. The Balaban J connectivity index is 1.42. The summed E-state index contributed by atoms with van der Waals surface area (Å²) in [6.07, 6.45) is 3.98. The highest BCUT2D eigenvalue weighted by atomic mass is 32.2. The maximum absolute atomic E-state index is 11.6. The van der Waals surface area contributed by atoms with Crippen LogP contribution in [0.25, 0.3) is 0 Å². The van der Waals surface area contributed by atoms with E-state index >= 15 is 0 Å². The Morgan fingerprint density at radius 2 is 1.83 bits per heavy atom. The van der Waals surface area contributed by atoms with Crippen molar-refractivity contribution in [2.45, 2.75) is 43.7 Å². The summed E-state index contributed by atoms with van der Waals surface area (Å²) in [6, 6.07) is 12.5. The fourth-order valence-corrected chi connectivity index (χ4v) is 4.70. The van der Waals surface area contributed by atoms with Crippen molar-refractivity contribution in [3.8, 4) is 5.75 Å². The molecule has 0 spiro atoms. The summed E-state index contributed by atoms with van der Waals surface area (Å²) < 4.78 is 5.79. The van der Waals surface area contributed by atoms with Gasteiger partial charge in [-0.3, -0.25) is 19.9 Å². The fraction of sp³-hybridized carbons (Fsp3) is 0.381. The van der Waals surface area contributed by atoms with Gasteiger partial charge in [-0.2, -0.15) is 0 Å². The second-order valence-electron chi connectivity index (χ2n) is 7.80. The number of benzene rings is 1. The monoisotopic (exact) mass is 430 g/mol. The van der Waals surface area contributed by atoms with Gasteiger partial charge in [-0.1, -0.05) is 30.0 Å². The number of nitrogens with one attached hydrogen (secondary N) is 1. The molecule has 1 aromatic heterocycles. The molecule has 8 heteroatoms. The number of rotatable bonds is 9. The number of hydrogen-bond donors (Lipinski definition) is 2. The van der Waals surface area contributed by atoms with E-state index < -0.39 is 8.32 Å². The van der Waals surface area contributed by atoms with Crippen LogP contribution in [0.4, 0.5) is 4.79 Å². The van der Waals surface area contributed by atoms with Crippen LogP contribution in [0.1, 0.15) is 16.8 Å². The molecule has 1 aromatic carbocycles. The first-order valence-electron chi connectivity index (χ1n) is 9.68. The van der Waals surface area contributed by atoms with Gasteiger partial charge in [-0.25, -0.2) is 0 Å². The molecule has 2 aromatic rings. The number of ether oxygens (including phenoxy) is 1. The molecule has 1 fully saturated rings. The van der Waals surface area contributed by atoms with Crippen LogP contribution in [-0.4, -0.2) is 41.1 Å². The van der Waals surface area contributed by atoms with Crippen LogP contribution in [0.5, 0.6) is 5.75 Å². The Morgan fingerprint density at radius 3 is 2.41 bits per heavy atom. The molecule has 6 nitrogen and oxygen atoms in total. The van der Waals surface area contributed by atoms with Crippen molar-refractivity contribution in [1.29, 1.82) is 0 Å². The normalized spacial score (nSPS) is 16.7. The highest BCUT2D eigenvalue weighted by Crippen LogP contribution is 2.24. The Kier molecular flexibility index (Phi) is 7.10. The number of nitrogens with zero attached hydrogens (tertiary/aromatic N) is 1. The van der Waals surface area contributed by atoms with Gasteiger partial charge in [0.05, 0.1) is 11.9 Å². The van der Waals surface area contributed by atoms with E-state index in [4.69, 9.17) is 4.74 Å². The number of thioether (sulfide) groups is 1. The fourth-order valence-electron chi connectivity index (χ4n) is 2.94. The van der Waals surface area contributed by atoms with Crippen molar-refractivity contribution in [1.82, 2.24) is 10.3 Å². The number of pyridine rings is 1. The number of aryl methyl sites for hydroxylation is 1. The number of imide groups is 1. The molecular formula is C21H26N2O4SSi. The number of carbonyl (C=O) groups excluding carboxylic acids is 2. The van der Waals surface area contributed by atoms with Crippen LogP contribution in [0.2, 0.25) is 19.1 Å². The van der Waals surface area contributed by atoms with Crippen molar-refractivity contribution in [3.05, 3.63) is 59.4 Å². The molecular weight excluding hydrogens is 404 g/mol. The molecule has 3 rings (SSSR count). The molecule has 0 bridgehead atoms. The van der Waals surface area contributed by atoms with Crippen LogP contribution < -0.4 is 10.1 Å². The van der Waals surface area contributed by atoms with E-state index in [-0.39, 0.29) is 16.4 Å². The lowest BCUT2D eigenvalue weighted by Crippen LogP contribution is -2.25. The maximum Gasteiger partial charge on any atom is 0.286 e. The van der Waals surface area contributed by atoms with Gasteiger partial charge in [0.25, 0.3) is 5.24 Å². The van der Waals surface area contributed by atoms with Crippen LogP contribution in [0, 0.1) is 0 Å². The van der Waals surface area contributed by atoms with Gasteiger partial charge in [0.1, 0.15) is 5.75 Å². The van der Waals surface area contributed by atoms with E-state index in [9.17, 15) is 14.4 Å². The van der Waals surface area contributed by atoms with Crippen LogP contribution in [0.3, 0.4) is 0 Å². The van der Waals surface area contributed by atoms with Crippen molar-refractivity contribution >= 4 is 31.2 Å². The van der Waals surface area contributed by atoms with Gasteiger partial charge in [0.2, 0.25) is 5.91 Å². The molecule has 1 saturated heterocycles. The third-order valence-electron chi connectivity index (χ3n) is 4.65. The van der Waals surface area contributed by atoms with Crippen molar-refractivity contribution in [2.24, 2.45) is 0 Å². The van der Waals surface area contributed by atoms with E-state index in [1.165, 1.54) is 0 Å². The zero-order valence-electron chi connectivity index (χ0n) is 16.7. The second kappa shape index (κ2) is 9.56. The first-order valence-corrected chi connectivity index (χ1v) is 13.7. The molecule has 1 atom stereocenters. The first kappa shape index (κ1) is 21.5. The molecule has 1 aliphatic rings. The number of amides is 2. The van der Waals surface area contributed by atoms with Gasteiger partial charge in [-0.05, 0) is 61.3 Å². The molecule has 29 heavy (non-hydrogen) atoms. The Labute approximate surface area is 176 Å². The van der Waals surface area contributed by atoms with Crippen LogP contribution >= 0.6 is 11.8 Å². The van der Waals surface area contributed by atoms with Crippen LogP contribution in [-0.2, 0) is 24.1 Å². The number of aromatic nitrogens is 1. The van der Waals surface area contributed by atoms with E-state index in [2.05, 4.69) is 16.4 Å². The Hall–Kier alpha value is -2.16. The molecule has 0 saturated carbocycles. The maximum atomic E-state index is 11.6. The largest absolute Gasteiger partial charge is 0.493 e. The van der Waals surface area contributed by atoms with Gasteiger partial charge in [0.15, 0.2) is 8.32 Å². The van der Waals surface area contributed by atoms with Gasteiger partial charge in [0, 0.05) is 18.3 Å². The number of carbonyl (C=O) groups is 2. The molecule has 2 amide bonds. The van der Waals surface area contributed by atoms with Gasteiger partial charge in [-0.15, -0.1) is 0 Å². The van der Waals surface area contributed by atoms with E-state index in [1.807, 2.05) is 49.6 Å². The SMILES string of the molecule is C[Si](C)(O)CCc1ccc(CCOc2ccc(CC3SC(=O)NC3=O)cc2)nc1. The third kappa shape index (κ3) is 6.99. The van der Waals surface area contributed by atoms with E-state index in [0.717, 1.165) is 46.8 Å². The van der Waals surface area contributed by atoms with Gasteiger partial charge < -0.3 is 9.53 Å². The quantitative estimate of drug-likeness (QED) is 0.593. The minimum Gasteiger partial charge on any atom is -0.493 e. The average molecular weight is 431 g/mol. The molecule has 2 N–H and O–H groups in total.